The van der Waals surface area contributed by atoms with E-state index < -0.39 is 0 Å². The van der Waals surface area contributed by atoms with E-state index in [9.17, 15) is 14.4 Å². The summed E-state index contributed by atoms with van der Waals surface area (Å²) in [7, 11) is 0. The van der Waals surface area contributed by atoms with Gasteiger partial charge >= 0.3 is 0 Å². The van der Waals surface area contributed by atoms with E-state index in [4.69, 9.17) is 4.74 Å². The summed E-state index contributed by atoms with van der Waals surface area (Å²) in [6, 6.07) is 17.1. The second kappa shape index (κ2) is 14.4. The van der Waals surface area contributed by atoms with Crippen LogP contribution in [0.25, 0.3) is 0 Å². The fourth-order valence-electron chi connectivity index (χ4n) is 4.65. The number of hydrogen-bond acceptors (Lipinski definition) is 4. The molecule has 0 aliphatic carbocycles. The molecule has 0 spiro atoms. The first kappa shape index (κ1) is 27.4. The number of ether oxygens (including phenoxy) is 1. The highest BCUT2D eigenvalue weighted by atomic mass is 16.5. The molecule has 1 fully saturated rings. The maximum atomic E-state index is 13.1. The first-order chi connectivity index (χ1) is 17.5. The molecule has 1 N–H and O–H groups in total. The maximum Gasteiger partial charge on any atom is 0.230 e. The van der Waals surface area contributed by atoms with Gasteiger partial charge in [-0.3, -0.25) is 14.4 Å². The first-order valence-electron chi connectivity index (χ1n) is 13.4. The molecule has 2 aromatic rings. The quantitative estimate of drug-likeness (QED) is 0.295. The number of benzene rings is 2. The smallest absolute Gasteiger partial charge is 0.230 e. The van der Waals surface area contributed by atoms with E-state index in [1.165, 1.54) is 0 Å². The number of carbonyl (C=O) groups is 3. The average Bonchev–Trinajstić information content (AvgIpc) is 2.91. The highest BCUT2D eigenvalue weighted by Crippen LogP contribution is 2.24. The highest BCUT2D eigenvalue weighted by molar-refractivity contribution is 5.98. The van der Waals surface area contributed by atoms with E-state index in [0.29, 0.717) is 25.3 Å². The lowest BCUT2D eigenvalue weighted by molar-refractivity contribution is -0.134. The Hall–Kier alpha value is -3.15. The van der Waals surface area contributed by atoms with E-state index >= 15 is 0 Å². The Balaban J connectivity index is 1.37. The van der Waals surface area contributed by atoms with E-state index in [1.54, 1.807) is 12.1 Å². The molecule has 0 radical (unpaired) electrons. The standard InChI is InChI=1S/C30H40N2O4/c1-3-5-9-22-36-26-14-12-24(13-15-26)28(33)16-17-29(34)31-25-18-20-32(21-19-25)30(35)27(4-2)23-10-7-6-8-11-23/h6-8,10-15,25,27H,3-5,9,16-22H2,1-2H3,(H,31,34). The SMILES string of the molecule is CCCCCOc1ccc(C(=O)CCC(=O)NC2CCN(C(=O)C(CC)c3ccccc3)CC2)cc1. The molecule has 1 aliphatic heterocycles. The van der Waals surface area contributed by atoms with Crippen molar-refractivity contribution in [1.82, 2.24) is 10.2 Å². The molecule has 1 heterocycles. The topological polar surface area (TPSA) is 75.7 Å². The van der Waals surface area contributed by atoms with Gasteiger partial charge in [0.1, 0.15) is 5.75 Å². The molecule has 1 saturated heterocycles. The lowest BCUT2D eigenvalue weighted by Gasteiger charge is -2.34. The van der Waals surface area contributed by atoms with E-state index in [1.807, 2.05) is 54.3 Å². The van der Waals surface area contributed by atoms with Crippen LogP contribution in [0, 0.1) is 0 Å². The molecule has 2 amide bonds. The number of piperidine rings is 1. The van der Waals surface area contributed by atoms with Gasteiger partial charge in [0.25, 0.3) is 0 Å². The highest BCUT2D eigenvalue weighted by Gasteiger charge is 2.28. The van der Waals surface area contributed by atoms with Crippen LogP contribution in [-0.2, 0) is 9.59 Å². The Morgan fingerprint density at radius 3 is 2.28 bits per heavy atom. The summed E-state index contributed by atoms with van der Waals surface area (Å²) in [5.74, 6) is 0.648. The van der Waals surface area contributed by atoms with Crippen molar-refractivity contribution < 1.29 is 19.1 Å². The molecule has 0 aromatic heterocycles. The number of ketones is 1. The second-order valence-corrected chi connectivity index (χ2v) is 9.54. The summed E-state index contributed by atoms with van der Waals surface area (Å²) < 4.78 is 5.69. The minimum atomic E-state index is -0.120. The van der Waals surface area contributed by atoms with E-state index in [0.717, 1.165) is 49.8 Å². The summed E-state index contributed by atoms with van der Waals surface area (Å²) in [6.07, 6.45) is 5.89. The van der Waals surface area contributed by atoms with Gasteiger partial charge in [0.2, 0.25) is 11.8 Å². The third-order valence-electron chi connectivity index (χ3n) is 6.85. The predicted octanol–water partition coefficient (Wildman–Crippen LogP) is 5.52. The summed E-state index contributed by atoms with van der Waals surface area (Å²) in [6.45, 7) is 6.15. The van der Waals surface area contributed by atoms with Gasteiger partial charge in [-0.15, -0.1) is 0 Å². The number of rotatable bonds is 13. The van der Waals surface area contributed by atoms with Crippen LogP contribution in [0.2, 0.25) is 0 Å². The van der Waals surface area contributed by atoms with Gasteiger partial charge in [-0.1, -0.05) is 57.0 Å². The van der Waals surface area contributed by atoms with Crippen molar-refractivity contribution in [3.63, 3.8) is 0 Å². The Labute approximate surface area is 215 Å². The number of likely N-dealkylation sites (tertiary alicyclic amines) is 1. The molecular weight excluding hydrogens is 452 g/mol. The molecule has 6 heteroatoms. The zero-order valence-electron chi connectivity index (χ0n) is 21.7. The van der Waals surface area contributed by atoms with Gasteiger partial charge in [0.15, 0.2) is 5.78 Å². The van der Waals surface area contributed by atoms with Crippen molar-refractivity contribution in [2.24, 2.45) is 0 Å². The molecule has 1 aliphatic rings. The van der Waals surface area contributed by atoms with E-state index in [-0.39, 0.29) is 42.4 Å². The number of nitrogens with one attached hydrogen (secondary N) is 1. The Bertz CT molecular complexity index is 966. The number of Topliss-reactive ketones (excluding diaryl/α,β-unsaturated/α-hetero) is 1. The molecule has 1 atom stereocenters. The zero-order valence-corrected chi connectivity index (χ0v) is 21.7. The maximum absolute atomic E-state index is 13.1. The molecule has 1 unspecified atom stereocenters. The molecule has 3 rings (SSSR count). The van der Waals surface area contributed by atoms with Crippen LogP contribution in [0.15, 0.2) is 54.6 Å². The summed E-state index contributed by atoms with van der Waals surface area (Å²) in [5, 5.41) is 3.05. The second-order valence-electron chi connectivity index (χ2n) is 9.54. The third kappa shape index (κ3) is 8.21. The molecule has 6 nitrogen and oxygen atoms in total. The van der Waals surface area contributed by atoms with Crippen LogP contribution in [0.4, 0.5) is 0 Å². The summed E-state index contributed by atoms with van der Waals surface area (Å²) in [4.78, 5) is 40.0. The van der Waals surface area contributed by atoms with Gasteiger partial charge < -0.3 is 15.0 Å². The number of nitrogens with zero attached hydrogens (tertiary/aromatic N) is 1. The van der Waals surface area contributed by atoms with Crippen LogP contribution < -0.4 is 10.1 Å². The van der Waals surface area contributed by atoms with Gasteiger partial charge in [0.05, 0.1) is 12.5 Å². The van der Waals surface area contributed by atoms with Crippen molar-refractivity contribution >= 4 is 17.6 Å². The fraction of sp³-hybridized carbons (Fsp3) is 0.500. The van der Waals surface area contributed by atoms with Crippen molar-refractivity contribution in [2.45, 2.75) is 77.2 Å². The Morgan fingerprint density at radius 1 is 0.944 bits per heavy atom. The lowest BCUT2D eigenvalue weighted by Crippen LogP contribution is -2.47. The Kier molecular flexibility index (Phi) is 11.0. The minimum Gasteiger partial charge on any atom is -0.494 e. The molecule has 0 saturated carbocycles. The summed E-state index contributed by atoms with van der Waals surface area (Å²) >= 11 is 0. The largest absolute Gasteiger partial charge is 0.494 e. The third-order valence-corrected chi connectivity index (χ3v) is 6.85. The number of amides is 2. The van der Waals surface area contributed by atoms with E-state index in [2.05, 4.69) is 12.2 Å². The van der Waals surface area contributed by atoms with Crippen molar-refractivity contribution in [1.29, 1.82) is 0 Å². The summed E-state index contributed by atoms with van der Waals surface area (Å²) in [5.41, 5.74) is 1.65. The minimum absolute atomic E-state index is 0.0394. The van der Waals surface area contributed by atoms with Gasteiger partial charge in [-0.2, -0.15) is 0 Å². The number of hydrogen-bond donors (Lipinski definition) is 1. The van der Waals surface area contributed by atoms with Crippen molar-refractivity contribution in [2.75, 3.05) is 19.7 Å². The Morgan fingerprint density at radius 2 is 1.64 bits per heavy atom. The van der Waals surface area contributed by atoms with Crippen LogP contribution >= 0.6 is 0 Å². The van der Waals surface area contributed by atoms with Crippen LogP contribution in [0.5, 0.6) is 5.75 Å². The molecule has 36 heavy (non-hydrogen) atoms. The van der Waals surface area contributed by atoms with Crippen LogP contribution in [-0.4, -0.2) is 48.2 Å². The first-order valence-corrected chi connectivity index (χ1v) is 13.4. The molecule has 0 bridgehead atoms. The van der Waals surface area contributed by atoms with Crippen LogP contribution in [0.1, 0.15) is 87.1 Å². The number of carbonyl (C=O) groups excluding carboxylic acids is 3. The molecule has 194 valence electrons. The van der Waals surface area contributed by atoms with Crippen molar-refractivity contribution in [3.8, 4) is 5.75 Å². The molecule has 2 aromatic carbocycles. The van der Waals surface area contributed by atoms with Gasteiger partial charge in [0, 0.05) is 37.5 Å². The number of unbranched alkanes of at least 4 members (excludes halogenated alkanes) is 2. The predicted molar refractivity (Wildman–Crippen MR) is 142 cm³/mol. The zero-order chi connectivity index (χ0) is 25.8. The monoisotopic (exact) mass is 492 g/mol. The lowest BCUT2D eigenvalue weighted by atomic mass is 9.93. The fourth-order valence-corrected chi connectivity index (χ4v) is 4.65. The van der Waals surface area contributed by atoms with Gasteiger partial charge in [-0.25, -0.2) is 0 Å². The van der Waals surface area contributed by atoms with Gasteiger partial charge in [-0.05, 0) is 55.5 Å². The molecular formula is C30H40N2O4. The van der Waals surface area contributed by atoms with Crippen molar-refractivity contribution in [3.05, 3.63) is 65.7 Å². The normalized spacial score (nSPS) is 14.8. The average molecular weight is 493 g/mol. The van der Waals surface area contributed by atoms with Crippen LogP contribution in [0.3, 0.4) is 0 Å².